The molecule has 0 saturated heterocycles. The van der Waals surface area contributed by atoms with Crippen LogP contribution in [0.3, 0.4) is 0 Å². The lowest BCUT2D eigenvalue weighted by Gasteiger charge is -2.41. The Bertz CT molecular complexity index is 651. The van der Waals surface area contributed by atoms with E-state index in [1.165, 1.54) is 36.8 Å². The SMILES string of the molecule is CC(C)[Si](/C=C1/C2=C(CCCC2)c2ccccc21)(C(C)C)C(C)C. The first-order valence-corrected chi connectivity index (χ1v) is 12.3. The summed E-state index contributed by atoms with van der Waals surface area (Å²) in [5.74, 6) is 0. The van der Waals surface area contributed by atoms with Crippen molar-refractivity contribution in [1.29, 1.82) is 0 Å². The molecular weight excluding hydrogens is 304 g/mol. The fourth-order valence-corrected chi connectivity index (χ4v) is 11.4. The minimum Gasteiger partial charge on any atom is -0.0855 e. The van der Waals surface area contributed by atoms with Gasteiger partial charge in [-0.05, 0) is 70.2 Å². The molecule has 0 heterocycles. The van der Waals surface area contributed by atoms with Gasteiger partial charge in [0.1, 0.15) is 0 Å². The second-order valence-corrected chi connectivity index (χ2v) is 14.5. The number of fused-ring (bicyclic) bond motifs is 2. The van der Waals surface area contributed by atoms with Crippen molar-refractivity contribution in [2.75, 3.05) is 0 Å². The second-order valence-electron chi connectivity index (χ2n) is 8.73. The van der Waals surface area contributed by atoms with Gasteiger partial charge in [-0.2, -0.15) is 0 Å². The molecule has 0 bridgehead atoms. The van der Waals surface area contributed by atoms with Crippen LogP contribution in [0.25, 0.3) is 11.1 Å². The quantitative estimate of drug-likeness (QED) is 0.495. The van der Waals surface area contributed by atoms with Crippen LogP contribution in [0.5, 0.6) is 0 Å². The van der Waals surface area contributed by atoms with E-state index in [4.69, 9.17) is 0 Å². The van der Waals surface area contributed by atoms with Gasteiger partial charge in [0.05, 0.1) is 8.07 Å². The van der Waals surface area contributed by atoms with Gasteiger partial charge in [0, 0.05) is 0 Å². The Kier molecular flexibility index (Phi) is 4.93. The van der Waals surface area contributed by atoms with Crippen molar-refractivity contribution < 1.29 is 0 Å². The molecule has 1 heteroatoms. The molecule has 2 aliphatic carbocycles. The Balaban J connectivity index is 2.22. The molecule has 0 saturated carbocycles. The third kappa shape index (κ3) is 2.65. The fourth-order valence-electron chi connectivity index (χ4n) is 5.56. The highest BCUT2D eigenvalue weighted by molar-refractivity contribution is 6.88. The molecule has 0 spiro atoms. The number of benzene rings is 1. The van der Waals surface area contributed by atoms with Crippen LogP contribution in [0.2, 0.25) is 16.6 Å². The summed E-state index contributed by atoms with van der Waals surface area (Å²) in [5, 5.41) is 0. The first kappa shape index (κ1) is 17.7. The molecule has 130 valence electrons. The summed E-state index contributed by atoms with van der Waals surface area (Å²) in [5.41, 5.74) is 13.2. The first-order chi connectivity index (χ1) is 11.4. The predicted molar refractivity (Wildman–Crippen MR) is 111 cm³/mol. The summed E-state index contributed by atoms with van der Waals surface area (Å²) in [6, 6.07) is 9.19. The monoisotopic (exact) mass is 338 g/mol. The Morgan fingerprint density at radius 3 is 1.79 bits per heavy atom. The highest BCUT2D eigenvalue weighted by atomic mass is 28.3. The second kappa shape index (κ2) is 6.67. The van der Waals surface area contributed by atoms with Gasteiger partial charge in [-0.1, -0.05) is 71.5 Å². The van der Waals surface area contributed by atoms with Gasteiger partial charge >= 0.3 is 0 Å². The Morgan fingerprint density at radius 1 is 0.750 bits per heavy atom. The maximum absolute atomic E-state index is 2.83. The molecule has 0 nitrogen and oxygen atoms in total. The van der Waals surface area contributed by atoms with Crippen molar-refractivity contribution in [2.24, 2.45) is 0 Å². The zero-order valence-electron chi connectivity index (χ0n) is 16.4. The third-order valence-corrected chi connectivity index (χ3v) is 13.5. The van der Waals surface area contributed by atoms with E-state index in [0.29, 0.717) is 0 Å². The van der Waals surface area contributed by atoms with E-state index in [1.807, 2.05) is 0 Å². The standard InChI is InChI=1S/C23H34Si/c1-16(2)24(17(3)4,18(5)6)15-23-21-13-9-7-11-19(21)20-12-8-10-14-22(20)23/h7,9,11,13,15-18H,8,10,12,14H2,1-6H3/b23-15+. The molecule has 0 aromatic heterocycles. The lowest BCUT2D eigenvalue weighted by atomic mass is 9.91. The summed E-state index contributed by atoms with van der Waals surface area (Å²) < 4.78 is 0. The largest absolute Gasteiger partial charge is 0.0861 e. The predicted octanol–water partition coefficient (Wildman–Crippen LogP) is 7.63. The number of allylic oxidation sites excluding steroid dienone is 3. The normalized spacial score (nSPS) is 19.6. The van der Waals surface area contributed by atoms with Gasteiger partial charge in [-0.15, -0.1) is 0 Å². The topological polar surface area (TPSA) is 0 Å². The Hall–Kier alpha value is -1.08. The van der Waals surface area contributed by atoms with E-state index >= 15 is 0 Å². The van der Waals surface area contributed by atoms with E-state index in [-0.39, 0.29) is 0 Å². The third-order valence-electron chi connectivity index (χ3n) is 6.73. The van der Waals surface area contributed by atoms with Gasteiger partial charge < -0.3 is 0 Å². The van der Waals surface area contributed by atoms with Crippen molar-refractivity contribution >= 4 is 19.2 Å². The van der Waals surface area contributed by atoms with E-state index in [1.54, 1.807) is 16.7 Å². The van der Waals surface area contributed by atoms with Crippen LogP contribution in [0, 0.1) is 0 Å². The lowest BCUT2D eigenvalue weighted by molar-refractivity contribution is 0.730. The Morgan fingerprint density at radius 2 is 1.25 bits per heavy atom. The van der Waals surface area contributed by atoms with Crippen molar-refractivity contribution in [3.63, 3.8) is 0 Å². The van der Waals surface area contributed by atoms with Gasteiger partial charge in [-0.25, -0.2) is 0 Å². The van der Waals surface area contributed by atoms with Crippen LogP contribution in [0.4, 0.5) is 0 Å². The van der Waals surface area contributed by atoms with Gasteiger partial charge in [-0.3, -0.25) is 0 Å². The Labute approximate surface area is 150 Å². The molecule has 0 radical (unpaired) electrons. The van der Waals surface area contributed by atoms with Crippen molar-refractivity contribution in [3.8, 4) is 0 Å². The molecule has 3 rings (SSSR count). The van der Waals surface area contributed by atoms with Crippen LogP contribution in [-0.2, 0) is 0 Å². The molecule has 1 aromatic carbocycles. The smallest absolute Gasteiger partial charge is 0.0855 e. The number of hydrogen-bond donors (Lipinski definition) is 0. The summed E-state index contributed by atoms with van der Waals surface area (Å²) >= 11 is 0. The minimum atomic E-state index is -1.53. The summed E-state index contributed by atoms with van der Waals surface area (Å²) in [6.45, 7) is 14.8. The van der Waals surface area contributed by atoms with Crippen molar-refractivity contribution in [3.05, 3.63) is 46.7 Å². The molecule has 0 amide bonds. The molecule has 0 aliphatic heterocycles. The summed E-state index contributed by atoms with van der Waals surface area (Å²) in [4.78, 5) is 0. The van der Waals surface area contributed by atoms with Gasteiger partial charge in [0.25, 0.3) is 0 Å². The van der Waals surface area contributed by atoms with Crippen LogP contribution >= 0.6 is 0 Å². The molecule has 0 atom stereocenters. The fraction of sp³-hybridized carbons (Fsp3) is 0.565. The van der Waals surface area contributed by atoms with Crippen LogP contribution in [0.1, 0.15) is 78.4 Å². The molecule has 0 N–H and O–H groups in total. The number of hydrogen-bond acceptors (Lipinski definition) is 0. The van der Waals surface area contributed by atoms with E-state index < -0.39 is 8.07 Å². The van der Waals surface area contributed by atoms with Gasteiger partial charge in [0.2, 0.25) is 0 Å². The van der Waals surface area contributed by atoms with E-state index in [2.05, 4.69) is 71.5 Å². The molecular formula is C23H34Si. The molecule has 1 aromatic rings. The minimum absolute atomic E-state index is 0.783. The molecule has 0 fully saturated rings. The first-order valence-electron chi connectivity index (χ1n) is 9.94. The summed E-state index contributed by atoms with van der Waals surface area (Å²) in [6.07, 6.45) is 5.29. The van der Waals surface area contributed by atoms with Crippen LogP contribution in [0.15, 0.2) is 35.5 Å². The van der Waals surface area contributed by atoms with E-state index in [9.17, 15) is 0 Å². The molecule has 0 unspecified atom stereocenters. The van der Waals surface area contributed by atoms with Crippen LogP contribution < -0.4 is 0 Å². The maximum atomic E-state index is 2.83. The van der Waals surface area contributed by atoms with Crippen LogP contribution in [-0.4, -0.2) is 8.07 Å². The van der Waals surface area contributed by atoms with E-state index in [0.717, 1.165) is 16.6 Å². The summed E-state index contributed by atoms with van der Waals surface area (Å²) in [7, 11) is -1.53. The van der Waals surface area contributed by atoms with Crippen molar-refractivity contribution in [1.82, 2.24) is 0 Å². The molecule has 24 heavy (non-hydrogen) atoms. The van der Waals surface area contributed by atoms with Gasteiger partial charge in [0.15, 0.2) is 0 Å². The number of rotatable bonds is 4. The molecule has 2 aliphatic rings. The average Bonchev–Trinajstić information content (AvgIpc) is 2.85. The van der Waals surface area contributed by atoms with Crippen molar-refractivity contribution in [2.45, 2.75) is 83.8 Å². The zero-order valence-corrected chi connectivity index (χ0v) is 17.4. The zero-order chi connectivity index (χ0) is 17.5. The average molecular weight is 339 g/mol. The highest BCUT2D eigenvalue weighted by Gasteiger charge is 2.42. The highest BCUT2D eigenvalue weighted by Crippen LogP contribution is 2.51. The maximum Gasteiger partial charge on any atom is 0.0861 e. The lowest BCUT2D eigenvalue weighted by Crippen LogP contribution is -2.43.